The summed E-state index contributed by atoms with van der Waals surface area (Å²) in [7, 11) is 2.16. The molecular formula is C23H24N4O2. The molecule has 0 radical (unpaired) electrons. The Bertz CT molecular complexity index is 1260. The van der Waals surface area contributed by atoms with Crippen LogP contribution in [0.5, 0.6) is 0 Å². The highest BCUT2D eigenvalue weighted by molar-refractivity contribution is 5.85. The Labute approximate surface area is 169 Å². The average molecular weight is 388 g/mol. The lowest BCUT2D eigenvalue weighted by Gasteiger charge is -2.22. The van der Waals surface area contributed by atoms with Gasteiger partial charge in [-0.1, -0.05) is 0 Å². The maximum absolute atomic E-state index is 12.8. The van der Waals surface area contributed by atoms with E-state index in [1.165, 1.54) is 0 Å². The lowest BCUT2D eigenvalue weighted by molar-refractivity contribution is 0.360. The molecule has 6 heteroatoms. The molecule has 3 aromatic heterocycles. The van der Waals surface area contributed by atoms with E-state index in [0.29, 0.717) is 11.1 Å². The fourth-order valence-electron chi connectivity index (χ4n) is 4.13. The summed E-state index contributed by atoms with van der Waals surface area (Å²) in [4.78, 5) is 21.8. The highest BCUT2D eigenvalue weighted by Crippen LogP contribution is 2.27. The van der Waals surface area contributed by atoms with Gasteiger partial charge >= 0.3 is 5.63 Å². The molecule has 0 unspecified atom stereocenters. The van der Waals surface area contributed by atoms with Gasteiger partial charge in [0.05, 0.1) is 16.8 Å². The van der Waals surface area contributed by atoms with Crippen LogP contribution in [0.25, 0.3) is 27.6 Å². The van der Waals surface area contributed by atoms with Gasteiger partial charge in [0.25, 0.3) is 0 Å². The second kappa shape index (κ2) is 7.04. The van der Waals surface area contributed by atoms with Crippen LogP contribution < -0.4 is 10.5 Å². The summed E-state index contributed by atoms with van der Waals surface area (Å²) in [6.07, 6.45) is 6.73. The zero-order valence-corrected chi connectivity index (χ0v) is 16.8. The highest BCUT2D eigenvalue weighted by Gasteiger charge is 2.15. The Morgan fingerprint density at radius 1 is 1.07 bits per heavy atom. The van der Waals surface area contributed by atoms with Crippen molar-refractivity contribution in [1.82, 2.24) is 14.3 Å². The van der Waals surface area contributed by atoms with Crippen LogP contribution in [0.15, 0.2) is 58.1 Å². The molecular weight excluding hydrogens is 364 g/mol. The van der Waals surface area contributed by atoms with Crippen LogP contribution in [0.3, 0.4) is 0 Å². The van der Waals surface area contributed by atoms with E-state index in [1.807, 2.05) is 48.0 Å². The second-order valence-electron chi connectivity index (χ2n) is 7.85. The van der Waals surface area contributed by atoms with Gasteiger partial charge in [-0.2, -0.15) is 0 Å². The molecule has 5 rings (SSSR count). The minimum absolute atomic E-state index is 0.313. The monoisotopic (exact) mass is 388 g/mol. The number of nitrogens with zero attached hydrogens (tertiary/aromatic N) is 4. The molecule has 0 spiro atoms. The third-order valence-corrected chi connectivity index (χ3v) is 5.83. The van der Waals surface area contributed by atoms with Crippen molar-refractivity contribution in [3.63, 3.8) is 0 Å². The summed E-state index contributed by atoms with van der Waals surface area (Å²) in [5.41, 5.74) is 4.77. The first-order valence-corrected chi connectivity index (χ1v) is 10.0. The summed E-state index contributed by atoms with van der Waals surface area (Å²) in [5.74, 6) is 0. The predicted molar refractivity (Wildman–Crippen MR) is 116 cm³/mol. The Balaban J connectivity index is 1.54. The minimum atomic E-state index is -0.313. The molecule has 4 aromatic rings. The van der Waals surface area contributed by atoms with E-state index >= 15 is 0 Å². The normalized spacial score (nSPS) is 15.9. The number of benzene rings is 1. The van der Waals surface area contributed by atoms with Gasteiger partial charge in [-0.15, -0.1) is 0 Å². The van der Waals surface area contributed by atoms with Crippen LogP contribution in [0.4, 0.5) is 5.69 Å². The minimum Gasteiger partial charge on any atom is -0.422 e. The molecule has 148 valence electrons. The topological polar surface area (TPSA) is 54.0 Å². The van der Waals surface area contributed by atoms with Crippen molar-refractivity contribution in [3.05, 3.63) is 65.0 Å². The van der Waals surface area contributed by atoms with Crippen LogP contribution in [0, 0.1) is 6.92 Å². The third-order valence-electron chi connectivity index (χ3n) is 5.83. The average Bonchev–Trinajstić information content (AvgIpc) is 3.03. The lowest BCUT2D eigenvalue weighted by Crippen LogP contribution is -2.28. The molecule has 0 amide bonds. The third kappa shape index (κ3) is 3.29. The first-order chi connectivity index (χ1) is 14.1. The number of likely N-dealkylation sites (N-methyl/N-ethyl adjacent to an activating group) is 1. The number of aromatic nitrogens is 2. The number of hydrogen-bond acceptors (Lipinski definition) is 5. The fraction of sp³-hybridized carbons (Fsp3) is 0.304. The van der Waals surface area contributed by atoms with Crippen LogP contribution in [0.1, 0.15) is 12.1 Å². The first-order valence-electron chi connectivity index (χ1n) is 10.0. The molecule has 29 heavy (non-hydrogen) atoms. The fourth-order valence-corrected chi connectivity index (χ4v) is 4.13. The second-order valence-corrected chi connectivity index (χ2v) is 7.85. The molecule has 1 aliphatic heterocycles. The summed E-state index contributed by atoms with van der Waals surface area (Å²) >= 11 is 0. The highest BCUT2D eigenvalue weighted by atomic mass is 16.4. The molecule has 1 aromatic carbocycles. The van der Waals surface area contributed by atoms with E-state index in [9.17, 15) is 4.79 Å². The zero-order valence-electron chi connectivity index (χ0n) is 16.8. The van der Waals surface area contributed by atoms with Gasteiger partial charge in [0.2, 0.25) is 0 Å². The summed E-state index contributed by atoms with van der Waals surface area (Å²) in [6, 6.07) is 10.1. The summed E-state index contributed by atoms with van der Waals surface area (Å²) in [5, 5.41) is 0.931. The Morgan fingerprint density at radius 3 is 2.83 bits per heavy atom. The quantitative estimate of drug-likeness (QED) is 0.492. The maximum Gasteiger partial charge on any atom is 0.344 e. The number of anilines is 1. The number of fused-ring (bicyclic) bond motifs is 2. The molecule has 0 saturated carbocycles. The van der Waals surface area contributed by atoms with Crippen molar-refractivity contribution in [1.29, 1.82) is 0 Å². The van der Waals surface area contributed by atoms with E-state index in [1.54, 1.807) is 6.20 Å². The molecule has 4 heterocycles. The van der Waals surface area contributed by atoms with E-state index in [2.05, 4.69) is 27.9 Å². The van der Waals surface area contributed by atoms with E-state index in [-0.39, 0.29) is 5.63 Å². The molecule has 0 aliphatic carbocycles. The van der Waals surface area contributed by atoms with Gasteiger partial charge in [-0.25, -0.2) is 4.79 Å². The van der Waals surface area contributed by atoms with Crippen molar-refractivity contribution in [2.45, 2.75) is 13.3 Å². The van der Waals surface area contributed by atoms with Gasteiger partial charge in [-0.3, -0.25) is 4.98 Å². The number of rotatable bonds is 2. The van der Waals surface area contributed by atoms with Gasteiger partial charge < -0.3 is 18.6 Å². The SMILES string of the molecule is Cc1nccn2cc(-c3cc4ccc(N5CCCN(C)CC5)cc4oc3=O)cc12. The van der Waals surface area contributed by atoms with E-state index < -0.39 is 0 Å². The molecule has 1 aliphatic rings. The van der Waals surface area contributed by atoms with Gasteiger partial charge in [0.15, 0.2) is 0 Å². The molecule has 1 saturated heterocycles. The number of hydrogen-bond donors (Lipinski definition) is 0. The van der Waals surface area contributed by atoms with E-state index in [4.69, 9.17) is 4.42 Å². The van der Waals surface area contributed by atoms with Crippen molar-refractivity contribution >= 4 is 22.2 Å². The molecule has 0 N–H and O–H groups in total. The Kier molecular flexibility index (Phi) is 4.36. The van der Waals surface area contributed by atoms with Crippen molar-refractivity contribution < 1.29 is 4.42 Å². The largest absolute Gasteiger partial charge is 0.422 e. The zero-order chi connectivity index (χ0) is 20.0. The van der Waals surface area contributed by atoms with E-state index in [0.717, 1.165) is 60.4 Å². The standard InChI is InChI=1S/C23H24N4O2/c1-16-21-13-18(15-27(21)9-6-24-16)20-12-17-4-5-19(14-22(17)29-23(20)28)26-8-3-7-25(2)10-11-26/h4-6,9,12-15H,3,7-8,10-11H2,1-2H3. The van der Waals surface area contributed by atoms with Gasteiger partial charge in [-0.05, 0) is 51.2 Å². The molecule has 0 atom stereocenters. The lowest BCUT2D eigenvalue weighted by atomic mass is 10.1. The number of aryl methyl sites for hydroxylation is 1. The molecule has 6 nitrogen and oxygen atoms in total. The Hall–Kier alpha value is -3.12. The first kappa shape index (κ1) is 17.9. The summed E-state index contributed by atoms with van der Waals surface area (Å²) < 4.78 is 7.73. The van der Waals surface area contributed by atoms with Crippen molar-refractivity contribution in [3.8, 4) is 11.1 Å². The van der Waals surface area contributed by atoms with Crippen molar-refractivity contribution in [2.75, 3.05) is 38.1 Å². The van der Waals surface area contributed by atoms with Crippen molar-refractivity contribution in [2.24, 2.45) is 0 Å². The Morgan fingerprint density at radius 2 is 1.97 bits per heavy atom. The molecule has 0 bridgehead atoms. The predicted octanol–water partition coefficient (Wildman–Crippen LogP) is 3.56. The van der Waals surface area contributed by atoms with Gasteiger partial charge in [0.1, 0.15) is 5.58 Å². The van der Waals surface area contributed by atoms with Crippen LogP contribution >= 0.6 is 0 Å². The smallest absolute Gasteiger partial charge is 0.344 e. The maximum atomic E-state index is 12.8. The van der Waals surface area contributed by atoms with Gasteiger partial charge in [0, 0.05) is 60.9 Å². The summed E-state index contributed by atoms with van der Waals surface area (Å²) in [6.45, 7) is 6.11. The van der Waals surface area contributed by atoms with Crippen LogP contribution in [0.2, 0.25) is 0 Å². The van der Waals surface area contributed by atoms with Crippen LogP contribution in [-0.4, -0.2) is 47.5 Å². The van der Waals surface area contributed by atoms with Crippen LogP contribution in [-0.2, 0) is 0 Å². The molecule has 1 fully saturated rings.